The molecule has 16 heteroatoms. The number of hydrogen-bond acceptors (Lipinski definition) is 8. The largest absolute Gasteiger partial charge is 0.478 e. The van der Waals surface area contributed by atoms with Gasteiger partial charge in [-0.2, -0.15) is 0 Å². The molecule has 2 spiro atoms. The summed E-state index contributed by atoms with van der Waals surface area (Å²) in [5, 5.41) is 20.9. The smallest absolute Gasteiger partial charge is 0.414 e. The van der Waals surface area contributed by atoms with E-state index in [9.17, 15) is 39.0 Å². The first kappa shape index (κ1) is 48.6. The molecule has 4 atom stereocenters. The van der Waals surface area contributed by atoms with Crippen molar-refractivity contribution in [2.24, 2.45) is 11.8 Å². The number of nitrogens with zero attached hydrogens (tertiary/aromatic N) is 4. The van der Waals surface area contributed by atoms with E-state index < -0.39 is 45.8 Å². The van der Waals surface area contributed by atoms with Crippen LogP contribution < -0.4 is 19.6 Å². The lowest BCUT2D eigenvalue weighted by atomic mass is 9.75. The number of rotatable bonds is 10. The van der Waals surface area contributed by atoms with Gasteiger partial charge in [0.05, 0.1) is 69.2 Å². The maximum absolute atomic E-state index is 14.5. The summed E-state index contributed by atoms with van der Waals surface area (Å²) in [5.74, 6) is -2.20. The number of hydrogen-bond donors (Lipinski definition) is 2. The standard InChI is InChI=1S/2C29H25ClN2O5/c2*1-17(2)28(19-7-9-20(30)10-8-19)16-29(28)23-5-3-4-6-24(23)32(26(29)35)22-14-18(25(33)34)13-21(15-22)31-11-12-37-27(31)36/h2*3-10,13-15,17H,11-12,16H2,1-2H3,(H,33,34)/t2*28-,29-/m10/s1. The molecule has 0 bridgehead atoms. The van der Waals surface area contributed by atoms with Crippen LogP contribution in [0.5, 0.6) is 0 Å². The van der Waals surface area contributed by atoms with Crippen LogP contribution in [0.4, 0.5) is 43.7 Å². The quantitative estimate of drug-likeness (QED) is 0.134. The van der Waals surface area contributed by atoms with E-state index >= 15 is 0 Å². The molecule has 4 aliphatic heterocycles. The molecular formula is C58H50Cl2N4O10. The Morgan fingerprint density at radius 3 is 1.19 bits per heavy atom. The number of anilines is 6. The van der Waals surface area contributed by atoms with Crippen LogP contribution in [0.1, 0.15) is 83.5 Å². The molecule has 2 saturated heterocycles. The van der Waals surface area contributed by atoms with E-state index in [-0.39, 0.29) is 48.0 Å². The van der Waals surface area contributed by atoms with Crippen molar-refractivity contribution in [1.82, 2.24) is 0 Å². The van der Waals surface area contributed by atoms with Gasteiger partial charge in [0.1, 0.15) is 13.2 Å². The monoisotopic (exact) mass is 1030 g/mol. The normalized spacial score (nSPS) is 24.1. The van der Waals surface area contributed by atoms with Crippen LogP contribution in [0.2, 0.25) is 10.0 Å². The second-order valence-electron chi connectivity index (χ2n) is 20.4. The van der Waals surface area contributed by atoms with Crippen LogP contribution in [0.15, 0.2) is 133 Å². The molecule has 74 heavy (non-hydrogen) atoms. The first-order valence-electron chi connectivity index (χ1n) is 24.5. The average Bonchev–Trinajstić information content (AvgIpc) is 4.10. The molecule has 12 rings (SSSR count). The van der Waals surface area contributed by atoms with Crippen molar-refractivity contribution in [3.8, 4) is 0 Å². The van der Waals surface area contributed by atoms with Crippen LogP contribution in [0.3, 0.4) is 0 Å². The van der Waals surface area contributed by atoms with Gasteiger partial charge < -0.3 is 19.7 Å². The predicted molar refractivity (Wildman–Crippen MR) is 280 cm³/mol. The van der Waals surface area contributed by atoms with E-state index in [0.717, 1.165) is 33.6 Å². The van der Waals surface area contributed by atoms with Gasteiger partial charge in [0.15, 0.2) is 0 Å². The van der Waals surface area contributed by atoms with Crippen molar-refractivity contribution in [1.29, 1.82) is 0 Å². The van der Waals surface area contributed by atoms with Gasteiger partial charge in [-0.25, -0.2) is 19.2 Å². The fourth-order valence-electron chi connectivity index (χ4n) is 12.9. The van der Waals surface area contributed by atoms with Crippen molar-refractivity contribution in [3.63, 3.8) is 0 Å². The Hall–Kier alpha value is -7.68. The summed E-state index contributed by atoms with van der Waals surface area (Å²) in [6.45, 7) is 9.57. The van der Waals surface area contributed by atoms with E-state index in [1.807, 2.05) is 97.1 Å². The maximum Gasteiger partial charge on any atom is 0.414 e. The number of carboxylic acid groups (broad SMARTS) is 2. The van der Waals surface area contributed by atoms with Crippen molar-refractivity contribution < 1.29 is 48.5 Å². The van der Waals surface area contributed by atoms with Crippen molar-refractivity contribution in [3.05, 3.63) is 177 Å². The Morgan fingerprint density at radius 2 is 0.865 bits per heavy atom. The van der Waals surface area contributed by atoms with Crippen molar-refractivity contribution >= 4 is 93.3 Å². The van der Waals surface area contributed by atoms with Crippen LogP contribution in [-0.2, 0) is 40.7 Å². The van der Waals surface area contributed by atoms with Crippen LogP contribution in [0, 0.1) is 11.8 Å². The minimum atomic E-state index is -1.14. The van der Waals surface area contributed by atoms with E-state index in [0.29, 0.717) is 58.7 Å². The number of cyclic esters (lactones) is 2. The topological polar surface area (TPSA) is 174 Å². The molecule has 0 radical (unpaired) electrons. The molecule has 0 unspecified atom stereocenters. The summed E-state index contributed by atoms with van der Waals surface area (Å²) < 4.78 is 10.1. The molecule has 4 amide bonds. The Bertz CT molecular complexity index is 3160. The zero-order valence-corrected chi connectivity index (χ0v) is 42.3. The van der Waals surface area contributed by atoms with Crippen LogP contribution in [-0.4, -0.2) is 72.5 Å². The number of aromatic carboxylic acids is 2. The highest BCUT2D eigenvalue weighted by molar-refractivity contribution is 6.31. The van der Waals surface area contributed by atoms with E-state index in [1.165, 1.54) is 34.1 Å². The number of para-hydroxylation sites is 2. The first-order valence-corrected chi connectivity index (χ1v) is 25.2. The summed E-state index contributed by atoms with van der Waals surface area (Å²) in [4.78, 5) is 83.7. The Labute approximate surface area is 436 Å². The zero-order chi connectivity index (χ0) is 52.2. The highest BCUT2D eigenvalue weighted by atomic mass is 35.5. The lowest BCUT2D eigenvalue weighted by molar-refractivity contribution is -0.121. The Kier molecular flexibility index (Phi) is 11.5. The van der Waals surface area contributed by atoms with Gasteiger partial charge in [0, 0.05) is 20.9 Å². The third kappa shape index (κ3) is 6.97. The molecule has 2 saturated carbocycles. The summed E-state index contributed by atoms with van der Waals surface area (Å²) in [7, 11) is 0. The fraction of sp³-hybridized carbons (Fsp3) is 0.276. The number of carbonyl (C=O) groups is 6. The first-order chi connectivity index (χ1) is 35.4. The third-order valence-corrected chi connectivity index (χ3v) is 16.9. The fourth-order valence-corrected chi connectivity index (χ4v) is 13.1. The van der Waals surface area contributed by atoms with E-state index in [4.69, 9.17) is 32.7 Å². The van der Waals surface area contributed by atoms with Crippen LogP contribution >= 0.6 is 23.2 Å². The minimum Gasteiger partial charge on any atom is -0.478 e. The molecule has 6 aliphatic rings. The SMILES string of the molecule is CC(C)[C@@]1(c2ccc(Cl)cc2)C[C@@]12C(=O)N(c1cc(C(=O)O)cc(N3CCOC3=O)c1)c1ccccc12.CC(C)[C@]1(c2ccc(Cl)cc2)C[C@]12C(=O)N(c1cc(C(=O)O)cc(N3CCOC3=O)c1)c1ccccc12. The van der Waals surface area contributed by atoms with Crippen LogP contribution in [0.25, 0.3) is 0 Å². The van der Waals surface area contributed by atoms with Gasteiger partial charge in [-0.1, -0.05) is 112 Å². The molecule has 2 aliphatic carbocycles. The van der Waals surface area contributed by atoms with Crippen molar-refractivity contribution in [2.75, 3.05) is 45.9 Å². The molecule has 376 valence electrons. The summed E-state index contributed by atoms with van der Waals surface area (Å²) in [6, 6.07) is 40.0. The second-order valence-corrected chi connectivity index (χ2v) is 21.2. The molecule has 4 heterocycles. The van der Waals surface area contributed by atoms with Gasteiger partial charge in [-0.15, -0.1) is 0 Å². The predicted octanol–water partition coefficient (Wildman–Crippen LogP) is 11.8. The zero-order valence-electron chi connectivity index (χ0n) is 40.8. The van der Waals surface area contributed by atoms with Gasteiger partial charge in [-0.3, -0.25) is 29.2 Å². The highest BCUT2D eigenvalue weighted by Gasteiger charge is 2.79. The highest BCUT2D eigenvalue weighted by Crippen LogP contribution is 2.75. The molecule has 6 aromatic carbocycles. The van der Waals surface area contributed by atoms with Crippen molar-refractivity contribution in [2.45, 2.75) is 62.2 Å². The molecule has 6 aromatic rings. The maximum atomic E-state index is 14.5. The second kappa shape index (κ2) is 17.5. The van der Waals surface area contributed by atoms with Gasteiger partial charge in [-0.05, 0) is 120 Å². The Morgan fingerprint density at radius 1 is 0.514 bits per heavy atom. The number of carboxylic acids is 2. The van der Waals surface area contributed by atoms with Gasteiger partial charge in [0.25, 0.3) is 0 Å². The molecule has 2 N–H and O–H groups in total. The molecular weight excluding hydrogens is 984 g/mol. The van der Waals surface area contributed by atoms with E-state index in [1.54, 1.807) is 21.9 Å². The molecule has 0 aromatic heterocycles. The molecule has 14 nitrogen and oxygen atoms in total. The number of carbonyl (C=O) groups excluding carboxylic acids is 4. The number of fused-ring (bicyclic) bond motifs is 4. The van der Waals surface area contributed by atoms with Gasteiger partial charge in [0.2, 0.25) is 11.8 Å². The number of halogens is 2. The third-order valence-electron chi connectivity index (χ3n) is 16.4. The number of amides is 4. The minimum absolute atomic E-state index is 0.0120. The van der Waals surface area contributed by atoms with E-state index in [2.05, 4.69) is 27.7 Å². The summed E-state index contributed by atoms with van der Waals surface area (Å²) in [5.41, 5.74) is 4.48. The summed E-state index contributed by atoms with van der Waals surface area (Å²) in [6.07, 6.45) is 0.189. The number of ether oxygens (including phenoxy) is 2. The lowest BCUT2D eigenvalue weighted by Crippen LogP contribution is -2.36. The van der Waals surface area contributed by atoms with Gasteiger partial charge >= 0.3 is 24.1 Å². The Balaban J connectivity index is 0.000000159. The lowest BCUT2D eigenvalue weighted by Gasteiger charge is -2.27. The average molecular weight is 1030 g/mol. The number of benzene rings is 6. The molecule has 4 fully saturated rings. The summed E-state index contributed by atoms with van der Waals surface area (Å²) >= 11 is 12.4.